The Bertz CT molecular complexity index is 365. The smallest absolute Gasteiger partial charge is 0.422 e. The van der Waals surface area contributed by atoms with E-state index in [0.717, 1.165) is 11.3 Å². The molecule has 7 heteroatoms. The molecule has 3 nitrogen and oxygen atoms in total. The van der Waals surface area contributed by atoms with Crippen molar-refractivity contribution in [2.75, 3.05) is 6.61 Å². The van der Waals surface area contributed by atoms with Gasteiger partial charge >= 0.3 is 12.3 Å². The van der Waals surface area contributed by atoms with Crippen LogP contribution in [-0.2, 0) is 4.74 Å². The Morgan fingerprint density at radius 1 is 1.56 bits per heavy atom. The van der Waals surface area contributed by atoms with Crippen LogP contribution in [0.2, 0.25) is 0 Å². The van der Waals surface area contributed by atoms with Crippen LogP contribution in [0.4, 0.5) is 18.0 Å². The highest BCUT2D eigenvalue weighted by Crippen LogP contribution is 2.23. The lowest BCUT2D eigenvalue weighted by Crippen LogP contribution is -2.31. The van der Waals surface area contributed by atoms with Gasteiger partial charge in [-0.05, 0) is 17.9 Å². The first kappa shape index (κ1) is 14.8. The molecular weight excluding hydrogens is 267 g/mol. The van der Waals surface area contributed by atoms with Gasteiger partial charge in [-0.3, -0.25) is 0 Å². The van der Waals surface area contributed by atoms with Crippen LogP contribution in [0, 0.1) is 0 Å². The van der Waals surface area contributed by atoms with Crippen molar-refractivity contribution in [1.82, 2.24) is 5.32 Å². The Morgan fingerprint density at radius 3 is 2.78 bits per heavy atom. The topological polar surface area (TPSA) is 38.3 Å². The minimum atomic E-state index is -4.50. The van der Waals surface area contributed by atoms with Gasteiger partial charge in [0.1, 0.15) is 0 Å². The first-order valence-electron chi connectivity index (χ1n) is 5.46. The Morgan fingerprint density at radius 2 is 2.28 bits per heavy atom. The standard InChI is InChI=1S/C11H14F3NO2S/c1-2-4-8(9-5-3-6-18-9)15-10(16)17-7-11(12,13)14/h3,5-6,8H,2,4,7H2,1H3,(H,15,16). The second kappa shape index (κ2) is 6.63. The fraction of sp³-hybridized carbons (Fsp3) is 0.545. The fourth-order valence-electron chi connectivity index (χ4n) is 1.40. The summed E-state index contributed by atoms with van der Waals surface area (Å²) >= 11 is 1.44. The van der Waals surface area contributed by atoms with Gasteiger partial charge in [0, 0.05) is 4.88 Å². The van der Waals surface area contributed by atoms with Crippen LogP contribution in [0.5, 0.6) is 0 Å². The molecule has 1 rings (SSSR count). The van der Waals surface area contributed by atoms with E-state index in [-0.39, 0.29) is 6.04 Å². The zero-order chi connectivity index (χ0) is 13.6. The lowest BCUT2D eigenvalue weighted by atomic mass is 10.1. The van der Waals surface area contributed by atoms with Crippen molar-refractivity contribution in [2.24, 2.45) is 0 Å². The van der Waals surface area contributed by atoms with E-state index in [9.17, 15) is 18.0 Å². The third-order valence-electron chi connectivity index (χ3n) is 2.12. The van der Waals surface area contributed by atoms with Crippen LogP contribution < -0.4 is 5.32 Å². The van der Waals surface area contributed by atoms with E-state index >= 15 is 0 Å². The number of halogens is 3. The number of thiophene rings is 1. The number of hydrogen-bond acceptors (Lipinski definition) is 3. The number of alkyl halides is 3. The summed E-state index contributed by atoms with van der Waals surface area (Å²) < 4.78 is 39.7. The second-order valence-electron chi connectivity index (χ2n) is 3.69. The lowest BCUT2D eigenvalue weighted by Gasteiger charge is -2.17. The lowest BCUT2D eigenvalue weighted by molar-refractivity contribution is -0.160. The van der Waals surface area contributed by atoms with Crippen LogP contribution in [0.3, 0.4) is 0 Å². The molecule has 1 aromatic rings. The molecule has 1 aromatic heterocycles. The zero-order valence-corrected chi connectivity index (χ0v) is 10.6. The van der Waals surface area contributed by atoms with Crippen molar-refractivity contribution in [3.05, 3.63) is 22.4 Å². The summed E-state index contributed by atoms with van der Waals surface area (Å²) in [5, 5.41) is 4.29. The Hall–Kier alpha value is -1.24. The predicted molar refractivity (Wildman–Crippen MR) is 62.5 cm³/mol. The molecule has 1 amide bonds. The molecule has 1 heterocycles. The summed E-state index contributed by atoms with van der Waals surface area (Å²) in [6.45, 7) is 0.367. The zero-order valence-electron chi connectivity index (χ0n) is 9.79. The van der Waals surface area contributed by atoms with Crippen molar-refractivity contribution in [3.63, 3.8) is 0 Å². The molecule has 0 aliphatic rings. The number of carbonyl (C=O) groups is 1. The molecule has 0 aliphatic heterocycles. The number of nitrogens with one attached hydrogen (secondary N) is 1. The number of ether oxygens (including phenoxy) is 1. The van der Waals surface area contributed by atoms with Crippen molar-refractivity contribution in [1.29, 1.82) is 0 Å². The molecule has 1 N–H and O–H groups in total. The molecule has 102 valence electrons. The molecular formula is C11H14F3NO2S. The van der Waals surface area contributed by atoms with Gasteiger partial charge in [-0.1, -0.05) is 19.4 Å². The van der Waals surface area contributed by atoms with Crippen LogP contribution in [0.15, 0.2) is 17.5 Å². The largest absolute Gasteiger partial charge is 0.440 e. The van der Waals surface area contributed by atoms with E-state index in [4.69, 9.17) is 0 Å². The fourth-order valence-corrected chi connectivity index (χ4v) is 2.21. The van der Waals surface area contributed by atoms with Crippen molar-refractivity contribution in [2.45, 2.75) is 32.0 Å². The minimum Gasteiger partial charge on any atom is -0.440 e. The summed E-state index contributed by atoms with van der Waals surface area (Å²) in [5.74, 6) is 0. The highest BCUT2D eigenvalue weighted by molar-refractivity contribution is 7.10. The van der Waals surface area contributed by atoms with E-state index in [1.54, 1.807) is 0 Å². The van der Waals surface area contributed by atoms with Gasteiger partial charge in [0.15, 0.2) is 6.61 Å². The van der Waals surface area contributed by atoms with Gasteiger partial charge in [-0.15, -0.1) is 11.3 Å². The van der Waals surface area contributed by atoms with Gasteiger partial charge in [-0.25, -0.2) is 4.79 Å². The molecule has 0 saturated heterocycles. The Kier molecular flexibility index (Phi) is 5.46. The SMILES string of the molecule is CCCC(NC(=O)OCC(F)(F)F)c1cccs1. The van der Waals surface area contributed by atoms with Crippen LogP contribution >= 0.6 is 11.3 Å². The molecule has 1 unspecified atom stereocenters. The Balaban J connectivity index is 2.49. The van der Waals surface area contributed by atoms with Crippen LogP contribution in [0.25, 0.3) is 0 Å². The summed E-state index contributed by atoms with van der Waals surface area (Å²) in [4.78, 5) is 12.1. The first-order chi connectivity index (χ1) is 8.42. The molecule has 18 heavy (non-hydrogen) atoms. The molecule has 0 spiro atoms. The number of rotatable bonds is 5. The van der Waals surface area contributed by atoms with E-state index in [1.165, 1.54) is 11.3 Å². The van der Waals surface area contributed by atoms with Gasteiger partial charge in [0.25, 0.3) is 0 Å². The molecule has 0 radical (unpaired) electrons. The quantitative estimate of drug-likeness (QED) is 0.889. The number of amides is 1. The number of alkyl carbamates (subject to hydrolysis) is 1. The maximum Gasteiger partial charge on any atom is 0.422 e. The third-order valence-corrected chi connectivity index (χ3v) is 3.11. The van der Waals surface area contributed by atoms with Crippen LogP contribution in [-0.4, -0.2) is 18.9 Å². The molecule has 0 fully saturated rings. The van der Waals surface area contributed by atoms with Crippen LogP contribution in [0.1, 0.15) is 30.7 Å². The third kappa shape index (κ3) is 5.39. The normalized spacial score (nSPS) is 13.1. The van der Waals surface area contributed by atoms with E-state index in [2.05, 4.69) is 10.1 Å². The number of carbonyl (C=O) groups excluding carboxylic acids is 1. The highest BCUT2D eigenvalue weighted by atomic mass is 32.1. The van der Waals surface area contributed by atoms with E-state index < -0.39 is 18.9 Å². The minimum absolute atomic E-state index is 0.296. The maximum atomic E-state index is 11.9. The predicted octanol–water partition coefficient (Wildman–Crippen LogP) is 3.88. The van der Waals surface area contributed by atoms with Crippen molar-refractivity contribution in [3.8, 4) is 0 Å². The highest BCUT2D eigenvalue weighted by Gasteiger charge is 2.30. The summed E-state index contributed by atoms with van der Waals surface area (Å²) in [7, 11) is 0. The molecule has 0 aliphatic carbocycles. The van der Waals surface area contributed by atoms with Crippen molar-refractivity contribution < 1.29 is 22.7 Å². The molecule has 1 atom stereocenters. The van der Waals surface area contributed by atoms with E-state index in [0.29, 0.717) is 6.42 Å². The average molecular weight is 281 g/mol. The monoisotopic (exact) mass is 281 g/mol. The molecule has 0 saturated carbocycles. The van der Waals surface area contributed by atoms with E-state index in [1.807, 2.05) is 24.4 Å². The van der Waals surface area contributed by atoms with Gasteiger partial charge in [0.2, 0.25) is 0 Å². The van der Waals surface area contributed by atoms with Crippen molar-refractivity contribution >= 4 is 17.4 Å². The molecule has 0 bridgehead atoms. The Labute approximate surface area is 107 Å². The summed E-state index contributed by atoms with van der Waals surface area (Å²) in [6, 6.07) is 3.36. The first-order valence-corrected chi connectivity index (χ1v) is 6.33. The van der Waals surface area contributed by atoms with Gasteiger partial charge in [-0.2, -0.15) is 13.2 Å². The van der Waals surface area contributed by atoms with Gasteiger partial charge < -0.3 is 10.1 Å². The number of hydrogen-bond donors (Lipinski definition) is 1. The molecule has 0 aromatic carbocycles. The summed E-state index contributed by atoms with van der Waals surface area (Å²) in [5.41, 5.74) is 0. The maximum absolute atomic E-state index is 11.9. The summed E-state index contributed by atoms with van der Waals surface area (Å²) in [6.07, 6.45) is -4.08. The van der Waals surface area contributed by atoms with Gasteiger partial charge in [0.05, 0.1) is 6.04 Å². The second-order valence-corrected chi connectivity index (χ2v) is 4.67. The average Bonchev–Trinajstić information content (AvgIpc) is 2.78.